The summed E-state index contributed by atoms with van der Waals surface area (Å²) in [6.45, 7) is 6.46. The lowest BCUT2D eigenvalue weighted by molar-refractivity contribution is 0.262. The number of ether oxygens (including phenoxy) is 1. The molecule has 26 heavy (non-hydrogen) atoms. The second kappa shape index (κ2) is 7.62. The summed E-state index contributed by atoms with van der Waals surface area (Å²) in [5.74, 6) is 1.49. The number of hydrogen-bond donors (Lipinski definition) is 2. The van der Waals surface area contributed by atoms with Gasteiger partial charge in [-0.15, -0.1) is 11.3 Å². The van der Waals surface area contributed by atoms with Gasteiger partial charge in [-0.05, 0) is 47.9 Å². The molecule has 0 aliphatic carbocycles. The monoisotopic (exact) mass is 366 g/mol. The largest absolute Gasteiger partial charge is 0.457 e. The van der Waals surface area contributed by atoms with E-state index in [2.05, 4.69) is 31.4 Å². The molecule has 5 heteroatoms. The molecule has 2 aromatic carbocycles. The highest BCUT2D eigenvalue weighted by molar-refractivity contribution is 7.10. The Kier molecular flexibility index (Phi) is 5.28. The number of amides is 2. The maximum absolute atomic E-state index is 12.2. The minimum Gasteiger partial charge on any atom is -0.457 e. The highest BCUT2D eigenvalue weighted by Crippen LogP contribution is 2.31. The normalized spacial score (nSPS) is 11.0. The number of urea groups is 1. The number of benzene rings is 2. The van der Waals surface area contributed by atoms with Crippen LogP contribution in [0.15, 0.2) is 66.0 Å². The first-order valence-corrected chi connectivity index (χ1v) is 9.28. The van der Waals surface area contributed by atoms with Gasteiger partial charge in [0.15, 0.2) is 0 Å². The van der Waals surface area contributed by atoms with Crippen LogP contribution in [0.1, 0.15) is 25.6 Å². The average molecular weight is 366 g/mol. The fourth-order valence-corrected chi connectivity index (χ4v) is 3.25. The SMILES string of the molecule is CC(C)(C)c1cc(NC(=O)Nc2ccc(Oc3ccccc3)cc2)cs1. The third-order valence-electron chi connectivity index (χ3n) is 3.69. The van der Waals surface area contributed by atoms with Gasteiger partial charge in [-0.1, -0.05) is 39.0 Å². The first kappa shape index (κ1) is 18.0. The lowest BCUT2D eigenvalue weighted by Gasteiger charge is -2.15. The summed E-state index contributed by atoms with van der Waals surface area (Å²) in [5, 5.41) is 7.65. The number of para-hydroxylation sites is 1. The molecule has 2 N–H and O–H groups in total. The van der Waals surface area contributed by atoms with Crippen molar-refractivity contribution < 1.29 is 9.53 Å². The Hall–Kier alpha value is -2.79. The lowest BCUT2D eigenvalue weighted by atomic mass is 9.95. The summed E-state index contributed by atoms with van der Waals surface area (Å²) < 4.78 is 5.74. The molecule has 0 fully saturated rings. The summed E-state index contributed by atoms with van der Waals surface area (Å²) in [5.41, 5.74) is 1.59. The first-order chi connectivity index (χ1) is 12.4. The zero-order chi connectivity index (χ0) is 18.6. The fourth-order valence-electron chi connectivity index (χ4n) is 2.32. The van der Waals surface area contributed by atoms with Crippen molar-refractivity contribution in [3.63, 3.8) is 0 Å². The minimum atomic E-state index is -0.264. The molecule has 0 radical (unpaired) electrons. The molecule has 0 saturated heterocycles. The molecule has 1 aromatic heterocycles. The van der Waals surface area contributed by atoms with E-state index in [0.29, 0.717) is 5.69 Å². The van der Waals surface area contributed by atoms with Crippen LogP contribution in [-0.2, 0) is 5.41 Å². The van der Waals surface area contributed by atoms with E-state index in [1.165, 1.54) is 4.88 Å². The van der Waals surface area contributed by atoms with Gasteiger partial charge in [-0.2, -0.15) is 0 Å². The molecule has 0 atom stereocenters. The molecule has 1 heterocycles. The van der Waals surface area contributed by atoms with Crippen molar-refractivity contribution in [3.8, 4) is 11.5 Å². The van der Waals surface area contributed by atoms with E-state index in [4.69, 9.17) is 4.74 Å². The van der Waals surface area contributed by atoms with E-state index in [0.717, 1.165) is 17.2 Å². The van der Waals surface area contributed by atoms with E-state index in [1.54, 1.807) is 11.3 Å². The van der Waals surface area contributed by atoms with Crippen LogP contribution in [0, 0.1) is 0 Å². The maximum atomic E-state index is 12.2. The highest BCUT2D eigenvalue weighted by Gasteiger charge is 2.16. The predicted octanol–water partition coefficient (Wildman–Crippen LogP) is 6.48. The molecule has 4 nitrogen and oxygen atoms in total. The highest BCUT2D eigenvalue weighted by atomic mass is 32.1. The first-order valence-electron chi connectivity index (χ1n) is 8.40. The van der Waals surface area contributed by atoms with Crippen molar-refractivity contribution in [2.24, 2.45) is 0 Å². The Morgan fingerprint density at radius 3 is 2.12 bits per heavy atom. The summed E-state index contributed by atoms with van der Waals surface area (Å²) in [6, 6.07) is 18.6. The van der Waals surface area contributed by atoms with Gasteiger partial charge >= 0.3 is 6.03 Å². The molecule has 2 amide bonds. The zero-order valence-corrected chi connectivity index (χ0v) is 15.9. The topological polar surface area (TPSA) is 50.4 Å². The van der Waals surface area contributed by atoms with Crippen LogP contribution in [0.25, 0.3) is 0 Å². The molecule has 3 aromatic rings. The summed E-state index contributed by atoms with van der Waals surface area (Å²) in [7, 11) is 0. The van der Waals surface area contributed by atoms with Gasteiger partial charge in [0.1, 0.15) is 11.5 Å². The van der Waals surface area contributed by atoms with Crippen molar-refractivity contribution in [3.05, 3.63) is 70.9 Å². The van der Waals surface area contributed by atoms with Gasteiger partial charge in [0, 0.05) is 15.9 Å². The van der Waals surface area contributed by atoms with Crippen molar-refractivity contribution in [2.45, 2.75) is 26.2 Å². The number of rotatable bonds is 4. The number of thiophene rings is 1. The molecular weight excluding hydrogens is 344 g/mol. The predicted molar refractivity (Wildman–Crippen MR) is 109 cm³/mol. The van der Waals surface area contributed by atoms with Crippen LogP contribution >= 0.6 is 11.3 Å². The quantitative estimate of drug-likeness (QED) is 0.555. The Morgan fingerprint density at radius 1 is 0.885 bits per heavy atom. The summed E-state index contributed by atoms with van der Waals surface area (Å²) in [6.07, 6.45) is 0. The smallest absolute Gasteiger partial charge is 0.323 e. The minimum absolute atomic E-state index is 0.0790. The van der Waals surface area contributed by atoms with Gasteiger partial charge in [-0.25, -0.2) is 4.79 Å². The third kappa shape index (κ3) is 4.86. The van der Waals surface area contributed by atoms with E-state index in [-0.39, 0.29) is 11.4 Å². The Labute approximate surface area is 157 Å². The van der Waals surface area contributed by atoms with E-state index < -0.39 is 0 Å². The van der Waals surface area contributed by atoms with Gasteiger partial charge in [-0.3, -0.25) is 0 Å². The molecule has 0 aliphatic rings. The van der Waals surface area contributed by atoms with Crippen LogP contribution in [0.5, 0.6) is 11.5 Å². The molecule has 0 saturated carbocycles. The molecule has 0 aliphatic heterocycles. The van der Waals surface area contributed by atoms with Crippen molar-refractivity contribution in [2.75, 3.05) is 10.6 Å². The third-order valence-corrected chi connectivity index (χ3v) is 5.04. The van der Waals surface area contributed by atoms with Gasteiger partial charge in [0.05, 0.1) is 5.69 Å². The molecule has 134 valence electrons. The summed E-state index contributed by atoms with van der Waals surface area (Å²) in [4.78, 5) is 13.4. The summed E-state index contributed by atoms with van der Waals surface area (Å²) >= 11 is 1.65. The van der Waals surface area contributed by atoms with Crippen molar-refractivity contribution >= 4 is 28.7 Å². The Bertz CT molecular complexity index is 865. The van der Waals surface area contributed by atoms with E-state index in [1.807, 2.05) is 66.0 Å². The van der Waals surface area contributed by atoms with Crippen molar-refractivity contribution in [1.29, 1.82) is 0 Å². The maximum Gasteiger partial charge on any atom is 0.323 e. The Balaban J connectivity index is 1.57. The number of hydrogen-bond acceptors (Lipinski definition) is 3. The van der Waals surface area contributed by atoms with Crippen molar-refractivity contribution in [1.82, 2.24) is 0 Å². The van der Waals surface area contributed by atoms with Crippen LogP contribution in [0.4, 0.5) is 16.2 Å². The number of carbonyl (C=O) groups is 1. The van der Waals surface area contributed by atoms with Gasteiger partial charge < -0.3 is 15.4 Å². The average Bonchev–Trinajstić information content (AvgIpc) is 3.06. The van der Waals surface area contributed by atoms with E-state index in [9.17, 15) is 4.79 Å². The van der Waals surface area contributed by atoms with Crippen LogP contribution in [-0.4, -0.2) is 6.03 Å². The second-order valence-corrected chi connectivity index (χ2v) is 7.88. The molecule has 0 unspecified atom stereocenters. The number of carbonyl (C=O) groups excluding carboxylic acids is 1. The molecule has 3 rings (SSSR count). The molecular formula is C21H22N2O2S. The standard InChI is InChI=1S/C21H22N2O2S/c1-21(2,3)19-13-16(14-26-19)23-20(24)22-15-9-11-18(12-10-15)25-17-7-5-4-6-8-17/h4-14H,1-3H3,(H2,22,23,24). The van der Waals surface area contributed by atoms with Crippen LogP contribution in [0.3, 0.4) is 0 Å². The Morgan fingerprint density at radius 2 is 1.50 bits per heavy atom. The zero-order valence-electron chi connectivity index (χ0n) is 15.1. The second-order valence-electron chi connectivity index (χ2n) is 6.97. The van der Waals surface area contributed by atoms with Crippen LogP contribution < -0.4 is 15.4 Å². The van der Waals surface area contributed by atoms with Gasteiger partial charge in [0.2, 0.25) is 0 Å². The molecule has 0 spiro atoms. The van der Waals surface area contributed by atoms with E-state index >= 15 is 0 Å². The molecule has 0 bridgehead atoms. The van der Waals surface area contributed by atoms with Crippen LogP contribution in [0.2, 0.25) is 0 Å². The number of nitrogens with one attached hydrogen (secondary N) is 2. The number of anilines is 2. The fraction of sp³-hybridized carbons (Fsp3) is 0.190. The lowest BCUT2D eigenvalue weighted by Crippen LogP contribution is -2.19. The van der Waals surface area contributed by atoms with Gasteiger partial charge in [0.25, 0.3) is 0 Å².